The number of nitro groups is 1. The third kappa shape index (κ3) is 5.35. The molecule has 188 valence electrons. The van der Waals surface area contributed by atoms with Crippen LogP contribution in [0.5, 0.6) is 11.5 Å². The Morgan fingerprint density at radius 2 is 1.64 bits per heavy atom. The Bertz CT molecular complexity index is 1230. The minimum atomic E-state index is -0.371. The summed E-state index contributed by atoms with van der Waals surface area (Å²) in [5, 5.41) is 15.0. The van der Waals surface area contributed by atoms with Crippen molar-refractivity contribution < 1.29 is 19.2 Å². The summed E-state index contributed by atoms with van der Waals surface area (Å²) in [6, 6.07) is 20.0. The molecular formula is C27H30N4O5. The fourth-order valence-corrected chi connectivity index (χ4v) is 4.37. The second-order valence-corrected chi connectivity index (χ2v) is 8.58. The predicted octanol–water partition coefficient (Wildman–Crippen LogP) is 4.75. The van der Waals surface area contributed by atoms with E-state index in [0.29, 0.717) is 48.9 Å². The number of amides is 1. The number of piperazine rings is 1. The monoisotopic (exact) mass is 490 g/mol. The summed E-state index contributed by atoms with van der Waals surface area (Å²) in [6.07, 6.45) is 0. The number of nitrogens with zero attached hydrogens (tertiary/aromatic N) is 3. The van der Waals surface area contributed by atoms with Crippen molar-refractivity contribution in [2.24, 2.45) is 0 Å². The third-order valence-electron chi connectivity index (χ3n) is 6.41. The SMILES string of the molecule is COc1ccc(C(=O)N2CCN(c3ccc([N+](=O)[O-])c(NC(C)c4ccccc4)c3)CC2)cc1OC. The average Bonchev–Trinajstić information content (AvgIpc) is 2.92. The fourth-order valence-electron chi connectivity index (χ4n) is 4.37. The highest BCUT2D eigenvalue weighted by molar-refractivity contribution is 5.95. The molecule has 9 heteroatoms. The Labute approximate surface area is 210 Å². The van der Waals surface area contributed by atoms with Crippen LogP contribution in [0, 0.1) is 10.1 Å². The van der Waals surface area contributed by atoms with Crippen LogP contribution in [0.15, 0.2) is 66.7 Å². The number of nitro benzene ring substituents is 1. The van der Waals surface area contributed by atoms with Crippen molar-refractivity contribution in [3.63, 3.8) is 0 Å². The smallest absolute Gasteiger partial charge is 0.292 e. The molecule has 1 atom stereocenters. The molecule has 0 saturated carbocycles. The summed E-state index contributed by atoms with van der Waals surface area (Å²) >= 11 is 0. The molecule has 1 fully saturated rings. The average molecular weight is 491 g/mol. The fraction of sp³-hybridized carbons (Fsp3) is 0.296. The van der Waals surface area contributed by atoms with E-state index in [-0.39, 0.29) is 22.6 Å². The lowest BCUT2D eigenvalue weighted by Gasteiger charge is -2.36. The van der Waals surface area contributed by atoms with Crippen molar-refractivity contribution in [2.45, 2.75) is 13.0 Å². The molecule has 1 aliphatic heterocycles. The van der Waals surface area contributed by atoms with Crippen LogP contribution >= 0.6 is 0 Å². The number of carbonyl (C=O) groups excluding carboxylic acids is 1. The Balaban J connectivity index is 1.46. The second-order valence-electron chi connectivity index (χ2n) is 8.58. The van der Waals surface area contributed by atoms with Crippen molar-refractivity contribution in [1.29, 1.82) is 0 Å². The molecule has 36 heavy (non-hydrogen) atoms. The van der Waals surface area contributed by atoms with Gasteiger partial charge in [0.2, 0.25) is 0 Å². The maximum atomic E-state index is 13.1. The first-order valence-corrected chi connectivity index (χ1v) is 11.8. The topological polar surface area (TPSA) is 97.2 Å². The summed E-state index contributed by atoms with van der Waals surface area (Å²) in [7, 11) is 3.10. The first kappa shape index (κ1) is 24.8. The molecule has 1 amide bonds. The van der Waals surface area contributed by atoms with Gasteiger partial charge in [-0.3, -0.25) is 14.9 Å². The molecule has 3 aromatic rings. The van der Waals surface area contributed by atoms with Gasteiger partial charge in [-0.2, -0.15) is 0 Å². The number of nitrogens with one attached hydrogen (secondary N) is 1. The van der Waals surface area contributed by atoms with Gasteiger partial charge >= 0.3 is 0 Å². The van der Waals surface area contributed by atoms with Gasteiger partial charge in [-0.25, -0.2) is 0 Å². The van der Waals surface area contributed by atoms with Crippen molar-refractivity contribution in [3.8, 4) is 11.5 Å². The molecule has 1 aliphatic rings. The molecule has 0 bridgehead atoms. The van der Waals surface area contributed by atoms with Crippen LogP contribution in [0.4, 0.5) is 17.1 Å². The van der Waals surface area contributed by atoms with E-state index in [1.165, 1.54) is 6.07 Å². The molecular weight excluding hydrogens is 460 g/mol. The minimum absolute atomic E-state index is 0.0313. The lowest BCUT2D eigenvalue weighted by molar-refractivity contribution is -0.384. The molecule has 1 saturated heterocycles. The highest BCUT2D eigenvalue weighted by Crippen LogP contribution is 2.33. The largest absolute Gasteiger partial charge is 0.493 e. The lowest BCUT2D eigenvalue weighted by atomic mass is 10.1. The molecule has 1 heterocycles. The number of ether oxygens (including phenoxy) is 2. The van der Waals surface area contributed by atoms with E-state index in [0.717, 1.165) is 11.3 Å². The zero-order valence-electron chi connectivity index (χ0n) is 20.6. The van der Waals surface area contributed by atoms with E-state index in [1.54, 1.807) is 43.4 Å². The molecule has 0 aliphatic carbocycles. The number of benzene rings is 3. The zero-order valence-corrected chi connectivity index (χ0v) is 20.6. The minimum Gasteiger partial charge on any atom is -0.493 e. The predicted molar refractivity (Wildman–Crippen MR) is 139 cm³/mol. The highest BCUT2D eigenvalue weighted by atomic mass is 16.6. The maximum Gasteiger partial charge on any atom is 0.292 e. The molecule has 0 spiro atoms. The first-order chi connectivity index (χ1) is 17.4. The Kier molecular flexibility index (Phi) is 7.58. The van der Waals surface area contributed by atoms with Crippen molar-refractivity contribution in [3.05, 3.63) is 88.0 Å². The van der Waals surface area contributed by atoms with Gasteiger partial charge in [-0.1, -0.05) is 30.3 Å². The van der Waals surface area contributed by atoms with E-state index < -0.39 is 0 Å². The number of hydrogen-bond acceptors (Lipinski definition) is 7. The van der Waals surface area contributed by atoms with Gasteiger partial charge in [-0.05, 0) is 42.8 Å². The van der Waals surface area contributed by atoms with Crippen LogP contribution in [-0.2, 0) is 0 Å². The zero-order chi connectivity index (χ0) is 25.7. The van der Waals surface area contributed by atoms with Crippen LogP contribution in [0.25, 0.3) is 0 Å². The molecule has 0 radical (unpaired) electrons. The van der Waals surface area contributed by atoms with Crippen LogP contribution in [0.3, 0.4) is 0 Å². The lowest BCUT2D eigenvalue weighted by Crippen LogP contribution is -2.48. The quantitative estimate of drug-likeness (QED) is 0.360. The number of hydrogen-bond donors (Lipinski definition) is 1. The summed E-state index contributed by atoms with van der Waals surface area (Å²) in [5.41, 5.74) is 2.96. The Morgan fingerprint density at radius 1 is 0.944 bits per heavy atom. The van der Waals surface area contributed by atoms with Gasteiger partial charge in [0.25, 0.3) is 11.6 Å². The van der Waals surface area contributed by atoms with Gasteiger partial charge in [0, 0.05) is 49.5 Å². The summed E-state index contributed by atoms with van der Waals surface area (Å²) < 4.78 is 10.6. The van der Waals surface area contributed by atoms with Gasteiger partial charge in [-0.15, -0.1) is 0 Å². The van der Waals surface area contributed by atoms with Crippen LogP contribution in [0.1, 0.15) is 28.9 Å². The van der Waals surface area contributed by atoms with E-state index in [2.05, 4.69) is 10.2 Å². The number of methoxy groups -OCH3 is 2. The van der Waals surface area contributed by atoms with Gasteiger partial charge in [0.15, 0.2) is 11.5 Å². The van der Waals surface area contributed by atoms with E-state index in [4.69, 9.17) is 9.47 Å². The first-order valence-electron chi connectivity index (χ1n) is 11.8. The second kappa shape index (κ2) is 11.0. The normalized spacial score (nSPS) is 14.2. The molecule has 4 rings (SSSR count). The molecule has 1 N–H and O–H groups in total. The molecule has 0 aromatic heterocycles. The van der Waals surface area contributed by atoms with Crippen molar-refractivity contribution >= 4 is 23.0 Å². The third-order valence-corrected chi connectivity index (χ3v) is 6.41. The van der Waals surface area contributed by atoms with Crippen LogP contribution in [0.2, 0.25) is 0 Å². The van der Waals surface area contributed by atoms with E-state index >= 15 is 0 Å². The summed E-state index contributed by atoms with van der Waals surface area (Å²) in [5.74, 6) is 1.01. The number of anilines is 2. The van der Waals surface area contributed by atoms with Crippen molar-refractivity contribution in [2.75, 3.05) is 50.6 Å². The van der Waals surface area contributed by atoms with Gasteiger partial charge in [0.05, 0.1) is 19.1 Å². The molecule has 3 aromatic carbocycles. The van der Waals surface area contributed by atoms with Crippen molar-refractivity contribution in [1.82, 2.24) is 4.90 Å². The standard InChI is InChI=1S/C27H30N4O5/c1-19(20-7-5-4-6-8-20)28-23-18-22(10-11-24(23)31(33)34)29-13-15-30(16-14-29)27(32)21-9-12-25(35-2)26(17-21)36-3/h4-12,17-19,28H,13-16H2,1-3H3. The molecule has 1 unspecified atom stereocenters. The number of rotatable bonds is 8. The van der Waals surface area contributed by atoms with Crippen LogP contribution in [-0.4, -0.2) is 56.1 Å². The van der Waals surface area contributed by atoms with Gasteiger partial charge in [0.1, 0.15) is 5.69 Å². The Hall–Kier alpha value is -4.27. The molecule has 9 nitrogen and oxygen atoms in total. The summed E-state index contributed by atoms with van der Waals surface area (Å²) in [6.45, 7) is 4.28. The van der Waals surface area contributed by atoms with Gasteiger partial charge < -0.3 is 24.6 Å². The maximum absolute atomic E-state index is 13.1. The van der Waals surface area contributed by atoms with Crippen LogP contribution < -0.4 is 19.7 Å². The van der Waals surface area contributed by atoms with E-state index in [1.807, 2.05) is 43.3 Å². The van der Waals surface area contributed by atoms with E-state index in [9.17, 15) is 14.9 Å². The summed E-state index contributed by atoms with van der Waals surface area (Å²) in [4.78, 5) is 28.3. The number of carbonyl (C=O) groups is 1. The highest BCUT2D eigenvalue weighted by Gasteiger charge is 2.25. The Morgan fingerprint density at radius 3 is 2.28 bits per heavy atom.